The van der Waals surface area contributed by atoms with Crippen molar-refractivity contribution in [3.63, 3.8) is 0 Å². The van der Waals surface area contributed by atoms with Gasteiger partial charge in [0.15, 0.2) is 0 Å². The fourth-order valence-electron chi connectivity index (χ4n) is 2.33. The Morgan fingerprint density at radius 1 is 0.950 bits per heavy atom. The summed E-state index contributed by atoms with van der Waals surface area (Å²) >= 11 is 0. The van der Waals surface area contributed by atoms with E-state index in [0.29, 0.717) is 12.2 Å². The molecule has 0 atom stereocenters. The van der Waals surface area contributed by atoms with E-state index >= 15 is 0 Å². The zero-order chi connectivity index (χ0) is 14.5. The summed E-state index contributed by atoms with van der Waals surface area (Å²) in [6.45, 7) is 6.73. The van der Waals surface area contributed by atoms with Gasteiger partial charge in [0, 0.05) is 5.56 Å². The Hall–Kier alpha value is -2.09. The summed E-state index contributed by atoms with van der Waals surface area (Å²) in [6.07, 6.45) is 1.87. The lowest BCUT2D eigenvalue weighted by Gasteiger charge is -2.10. The predicted octanol–water partition coefficient (Wildman–Crippen LogP) is 4.26. The van der Waals surface area contributed by atoms with Gasteiger partial charge in [-0.3, -0.25) is 4.79 Å². The first-order valence-corrected chi connectivity index (χ1v) is 6.90. The predicted molar refractivity (Wildman–Crippen MR) is 81.5 cm³/mol. The second-order valence-corrected chi connectivity index (χ2v) is 5.17. The summed E-state index contributed by atoms with van der Waals surface area (Å²) in [6, 6.07) is 12.1. The number of carbonyl (C=O) groups is 1. The van der Waals surface area contributed by atoms with Gasteiger partial charge in [-0.25, -0.2) is 0 Å². The molecule has 0 radical (unpaired) electrons. The molecular weight excluding hydrogens is 248 g/mol. The van der Waals surface area contributed by atoms with Gasteiger partial charge in [-0.05, 0) is 55.2 Å². The average Bonchev–Trinajstić information content (AvgIpc) is 2.44. The molecule has 2 aromatic carbocycles. The van der Waals surface area contributed by atoms with E-state index in [9.17, 15) is 4.79 Å². The molecule has 0 N–H and O–H groups in total. The minimum Gasteiger partial charge on any atom is -0.489 e. The van der Waals surface area contributed by atoms with Gasteiger partial charge in [0.1, 0.15) is 18.6 Å². The summed E-state index contributed by atoms with van der Waals surface area (Å²) in [5.74, 6) is 0.742. The molecule has 0 fully saturated rings. The van der Waals surface area contributed by atoms with Crippen molar-refractivity contribution in [2.24, 2.45) is 0 Å². The lowest BCUT2D eigenvalue weighted by Crippen LogP contribution is -1.98. The van der Waals surface area contributed by atoms with Gasteiger partial charge >= 0.3 is 0 Å². The van der Waals surface area contributed by atoms with Gasteiger partial charge in [-0.1, -0.05) is 30.7 Å². The van der Waals surface area contributed by atoms with Crippen LogP contribution >= 0.6 is 0 Å². The van der Waals surface area contributed by atoms with Crippen molar-refractivity contribution in [3.05, 3.63) is 64.2 Å². The molecule has 0 saturated carbocycles. The Morgan fingerprint density at radius 2 is 1.65 bits per heavy atom. The Morgan fingerprint density at radius 3 is 2.35 bits per heavy atom. The summed E-state index contributed by atoms with van der Waals surface area (Å²) < 4.78 is 5.81. The van der Waals surface area contributed by atoms with Gasteiger partial charge in [-0.15, -0.1) is 0 Å². The Kier molecular flexibility index (Phi) is 4.57. The Labute approximate surface area is 120 Å². The van der Waals surface area contributed by atoms with Crippen LogP contribution < -0.4 is 4.74 Å². The molecule has 2 aromatic rings. The van der Waals surface area contributed by atoms with Crippen LogP contribution in [0.5, 0.6) is 5.75 Å². The van der Waals surface area contributed by atoms with Crippen LogP contribution in [0.3, 0.4) is 0 Å². The second kappa shape index (κ2) is 6.38. The number of hydrogen-bond donors (Lipinski definition) is 0. The Balaban J connectivity index is 2.14. The fraction of sp³-hybridized carbons (Fsp3) is 0.278. The maximum Gasteiger partial charge on any atom is 0.150 e. The highest BCUT2D eigenvalue weighted by atomic mass is 16.5. The summed E-state index contributed by atoms with van der Waals surface area (Å²) in [5, 5.41) is 0. The zero-order valence-electron chi connectivity index (χ0n) is 12.3. The molecule has 2 rings (SSSR count). The van der Waals surface area contributed by atoms with Gasteiger partial charge < -0.3 is 4.74 Å². The minimum atomic E-state index is 0.524. The number of rotatable bonds is 5. The Bertz CT molecular complexity index is 615. The number of benzene rings is 2. The molecule has 0 bridgehead atoms. The highest BCUT2D eigenvalue weighted by Crippen LogP contribution is 2.18. The molecule has 0 aromatic heterocycles. The van der Waals surface area contributed by atoms with Gasteiger partial charge in [-0.2, -0.15) is 0 Å². The van der Waals surface area contributed by atoms with Crippen molar-refractivity contribution in [1.82, 2.24) is 0 Å². The van der Waals surface area contributed by atoms with Crippen molar-refractivity contribution in [2.45, 2.75) is 33.8 Å². The van der Waals surface area contributed by atoms with Crippen LogP contribution in [0.2, 0.25) is 0 Å². The van der Waals surface area contributed by atoms with E-state index in [1.54, 1.807) is 6.07 Å². The quantitative estimate of drug-likeness (QED) is 0.757. The molecule has 20 heavy (non-hydrogen) atoms. The first-order valence-electron chi connectivity index (χ1n) is 6.90. The third-order valence-corrected chi connectivity index (χ3v) is 3.22. The van der Waals surface area contributed by atoms with Gasteiger partial charge in [0.2, 0.25) is 0 Å². The second-order valence-electron chi connectivity index (χ2n) is 5.17. The maximum atomic E-state index is 10.9. The molecule has 0 aliphatic carbocycles. The normalized spacial score (nSPS) is 10.3. The average molecular weight is 268 g/mol. The van der Waals surface area contributed by atoms with Crippen molar-refractivity contribution in [3.8, 4) is 5.75 Å². The van der Waals surface area contributed by atoms with E-state index < -0.39 is 0 Å². The first kappa shape index (κ1) is 14.3. The van der Waals surface area contributed by atoms with Crippen molar-refractivity contribution in [1.29, 1.82) is 0 Å². The van der Waals surface area contributed by atoms with E-state index in [0.717, 1.165) is 29.6 Å². The summed E-state index contributed by atoms with van der Waals surface area (Å²) in [7, 11) is 0. The molecule has 2 nitrogen and oxygen atoms in total. The van der Waals surface area contributed by atoms with Crippen LogP contribution in [0.4, 0.5) is 0 Å². The lowest BCUT2D eigenvalue weighted by atomic mass is 10.1. The van der Waals surface area contributed by atoms with Crippen LogP contribution in [0.15, 0.2) is 36.4 Å². The molecule has 0 spiro atoms. The fourth-order valence-corrected chi connectivity index (χ4v) is 2.33. The third-order valence-electron chi connectivity index (χ3n) is 3.22. The number of carbonyl (C=O) groups excluding carboxylic acids is 1. The summed E-state index contributed by atoms with van der Waals surface area (Å²) in [5.41, 5.74) is 5.42. The molecule has 0 saturated heterocycles. The first-order chi connectivity index (χ1) is 9.60. The largest absolute Gasteiger partial charge is 0.489 e. The van der Waals surface area contributed by atoms with Crippen molar-refractivity contribution < 1.29 is 9.53 Å². The molecule has 104 valence electrons. The van der Waals surface area contributed by atoms with Crippen LogP contribution in [-0.2, 0) is 13.0 Å². The van der Waals surface area contributed by atoms with E-state index in [1.165, 1.54) is 11.1 Å². The lowest BCUT2D eigenvalue weighted by molar-refractivity contribution is 0.112. The topological polar surface area (TPSA) is 26.3 Å². The van der Waals surface area contributed by atoms with Gasteiger partial charge in [0.25, 0.3) is 0 Å². The minimum absolute atomic E-state index is 0.524. The van der Waals surface area contributed by atoms with E-state index in [2.05, 4.69) is 32.0 Å². The molecular formula is C18H20O2. The number of ether oxygens (including phenoxy) is 1. The van der Waals surface area contributed by atoms with Crippen LogP contribution in [-0.4, -0.2) is 6.29 Å². The SMILES string of the molecule is CCc1cc(C)cc(COc2cc(C)cc(C=O)c2)c1. The van der Waals surface area contributed by atoms with Crippen LogP contribution in [0, 0.1) is 13.8 Å². The van der Waals surface area contributed by atoms with E-state index in [1.807, 2.05) is 19.1 Å². The number of aryl methyl sites for hydroxylation is 3. The number of hydrogen-bond acceptors (Lipinski definition) is 2. The summed E-state index contributed by atoms with van der Waals surface area (Å²) in [4.78, 5) is 10.9. The number of aldehydes is 1. The molecule has 0 aliphatic heterocycles. The van der Waals surface area contributed by atoms with Gasteiger partial charge in [0.05, 0.1) is 0 Å². The van der Waals surface area contributed by atoms with Crippen LogP contribution in [0.25, 0.3) is 0 Å². The van der Waals surface area contributed by atoms with E-state index in [4.69, 9.17) is 4.74 Å². The van der Waals surface area contributed by atoms with Crippen molar-refractivity contribution in [2.75, 3.05) is 0 Å². The smallest absolute Gasteiger partial charge is 0.150 e. The molecule has 2 heteroatoms. The highest BCUT2D eigenvalue weighted by molar-refractivity contribution is 5.76. The monoisotopic (exact) mass is 268 g/mol. The molecule has 0 aliphatic rings. The molecule has 0 heterocycles. The highest BCUT2D eigenvalue weighted by Gasteiger charge is 2.02. The van der Waals surface area contributed by atoms with E-state index in [-0.39, 0.29) is 0 Å². The zero-order valence-corrected chi connectivity index (χ0v) is 12.3. The third kappa shape index (κ3) is 3.70. The molecule has 0 amide bonds. The van der Waals surface area contributed by atoms with Crippen molar-refractivity contribution >= 4 is 6.29 Å². The molecule has 0 unspecified atom stereocenters. The maximum absolute atomic E-state index is 10.9. The van der Waals surface area contributed by atoms with Crippen LogP contribution in [0.1, 0.15) is 39.5 Å². The standard InChI is InChI=1S/C18H20O2/c1-4-15-5-13(2)7-17(9-15)12-20-18-8-14(3)6-16(10-18)11-19/h5-11H,4,12H2,1-3H3.